The number of carbonyl (C=O) groups is 2. The Morgan fingerprint density at radius 2 is 1.87 bits per heavy atom. The molecule has 0 N–H and O–H groups in total. The van der Waals surface area contributed by atoms with Gasteiger partial charge in [0, 0.05) is 44.6 Å². The standard InChI is InChI=1S/C20H20F3N3O4/c1-29-11-10-25-8-9-26(13-18(25)27)19(28)14-2-5-16(6-3-14)30-17-7-4-15(12-24-17)20(21,22)23/h2-7,12H,8-11,13H2,1H3. The average Bonchev–Trinajstić information content (AvgIpc) is 2.72. The number of ether oxygens (including phenoxy) is 2. The maximum Gasteiger partial charge on any atom is 0.417 e. The molecule has 1 saturated heterocycles. The zero-order valence-corrected chi connectivity index (χ0v) is 16.2. The smallest absolute Gasteiger partial charge is 0.417 e. The first-order valence-electron chi connectivity index (χ1n) is 9.15. The van der Waals surface area contributed by atoms with Gasteiger partial charge in [-0.25, -0.2) is 4.98 Å². The molecule has 0 unspecified atom stereocenters. The van der Waals surface area contributed by atoms with Gasteiger partial charge in [-0.1, -0.05) is 0 Å². The van der Waals surface area contributed by atoms with Crippen LogP contribution in [0.5, 0.6) is 11.6 Å². The Morgan fingerprint density at radius 1 is 1.13 bits per heavy atom. The van der Waals surface area contributed by atoms with Crippen molar-refractivity contribution in [2.45, 2.75) is 6.18 Å². The lowest BCUT2D eigenvalue weighted by Gasteiger charge is -2.34. The molecule has 3 rings (SSSR count). The highest BCUT2D eigenvalue weighted by Crippen LogP contribution is 2.30. The highest BCUT2D eigenvalue weighted by molar-refractivity contribution is 5.97. The van der Waals surface area contributed by atoms with Crippen LogP contribution in [0.3, 0.4) is 0 Å². The molecule has 0 aliphatic carbocycles. The Bertz CT molecular complexity index is 886. The minimum Gasteiger partial charge on any atom is -0.439 e. The van der Waals surface area contributed by atoms with Gasteiger partial charge in [0.1, 0.15) is 12.3 Å². The number of piperazine rings is 1. The van der Waals surface area contributed by atoms with E-state index < -0.39 is 11.7 Å². The Hall–Kier alpha value is -3.14. The van der Waals surface area contributed by atoms with Crippen LogP contribution in [-0.4, -0.2) is 66.5 Å². The van der Waals surface area contributed by atoms with Gasteiger partial charge in [0.2, 0.25) is 11.8 Å². The summed E-state index contributed by atoms with van der Waals surface area (Å²) >= 11 is 0. The summed E-state index contributed by atoms with van der Waals surface area (Å²) < 4.78 is 48.1. The van der Waals surface area contributed by atoms with Crippen LogP contribution in [0.2, 0.25) is 0 Å². The molecular weight excluding hydrogens is 403 g/mol. The van der Waals surface area contributed by atoms with Gasteiger partial charge in [0.25, 0.3) is 5.91 Å². The third kappa shape index (κ3) is 5.26. The van der Waals surface area contributed by atoms with Gasteiger partial charge in [0.15, 0.2) is 0 Å². The minimum atomic E-state index is -4.47. The normalized spacial score (nSPS) is 14.7. The molecule has 2 aromatic rings. The van der Waals surface area contributed by atoms with E-state index in [0.29, 0.717) is 43.8 Å². The van der Waals surface area contributed by atoms with E-state index in [1.165, 1.54) is 29.2 Å². The average molecular weight is 423 g/mol. The summed E-state index contributed by atoms with van der Waals surface area (Å²) in [6, 6.07) is 8.10. The maximum atomic E-state index is 12.6. The molecule has 2 amide bonds. The highest BCUT2D eigenvalue weighted by atomic mass is 19.4. The maximum absolute atomic E-state index is 12.6. The molecule has 2 heterocycles. The summed E-state index contributed by atoms with van der Waals surface area (Å²) in [6.45, 7) is 1.78. The molecule has 160 valence electrons. The van der Waals surface area contributed by atoms with Crippen molar-refractivity contribution in [2.24, 2.45) is 0 Å². The van der Waals surface area contributed by atoms with Crippen LogP contribution < -0.4 is 4.74 Å². The number of nitrogens with zero attached hydrogens (tertiary/aromatic N) is 3. The molecule has 0 radical (unpaired) electrons. The van der Waals surface area contributed by atoms with E-state index in [-0.39, 0.29) is 24.2 Å². The number of carbonyl (C=O) groups excluding carboxylic acids is 2. The van der Waals surface area contributed by atoms with Crippen LogP contribution >= 0.6 is 0 Å². The van der Waals surface area contributed by atoms with E-state index >= 15 is 0 Å². The first kappa shape index (κ1) is 21.6. The number of hydrogen-bond acceptors (Lipinski definition) is 5. The van der Waals surface area contributed by atoms with Crippen molar-refractivity contribution in [2.75, 3.05) is 39.9 Å². The third-order valence-corrected chi connectivity index (χ3v) is 4.56. The number of rotatable bonds is 6. The van der Waals surface area contributed by atoms with E-state index in [4.69, 9.17) is 9.47 Å². The summed E-state index contributed by atoms with van der Waals surface area (Å²) in [7, 11) is 1.56. The van der Waals surface area contributed by atoms with Crippen molar-refractivity contribution in [1.82, 2.24) is 14.8 Å². The zero-order chi connectivity index (χ0) is 21.7. The van der Waals surface area contributed by atoms with Crippen LogP contribution in [0.1, 0.15) is 15.9 Å². The van der Waals surface area contributed by atoms with Gasteiger partial charge < -0.3 is 19.3 Å². The van der Waals surface area contributed by atoms with Crippen LogP contribution in [0.15, 0.2) is 42.6 Å². The van der Waals surface area contributed by atoms with Crippen molar-refractivity contribution in [1.29, 1.82) is 0 Å². The third-order valence-electron chi connectivity index (χ3n) is 4.56. The molecule has 1 aliphatic rings. The molecule has 0 bridgehead atoms. The van der Waals surface area contributed by atoms with Crippen molar-refractivity contribution in [3.63, 3.8) is 0 Å². The number of alkyl halides is 3. The largest absolute Gasteiger partial charge is 0.439 e. The lowest BCUT2D eigenvalue weighted by atomic mass is 10.1. The minimum absolute atomic E-state index is 0.000135. The van der Waals surface area contributed by atoms with Crippen molar-refractivity contribution in [3.8, 4) is 11.6 Å². The topological polar surface area (TPSA) is 72.0 Å². The fourth-order valence-electron chi connectivity index (χ4n) is 2.90. The molecule has 10 heteroatoms. The quantitative estimate of drug-likeness (QED) is 0.715. The molecule has 7 nitrogen and oxygen atoms in total. The molecule has 0 spiro atoms. The van der Waals surface area contributed by atoms with Crippen LogP contribution in [-0.2, 0) is 15.7 Å². The molecule has 1 fully saturated rings. The number of methoxy groups -OCH3 is 1. The number of benzene rings is 1. The van der Waals surface area contributed by atoms with E-state index in [2.05, 4.69) is 4.98 Å². The van der Waals surface area contributed by atoms with E-state index in [9.17, 15) is 22.8 Å². The first-order valence-corrected chi connectivity index (χ1v) is 9.15. The van der Waals surface area contributed by atoms with Gasteiger partial charge >= 0.3 is 6.18 Å². The van der Waals surface area contributed by atoms with Crippen molar-refractivity contribution in [3.05, 3.63) is 53.7 Å². The van der Waals surface area contributed by atoms with Crippen molar-refractivity contribution < 1.29 is 32.2 Å². The molecule has 0 atom stereocenters. The van der Waals surface area contributed by atoms with Crippen LogP contribution in [0.4, 0.5) is 13.2 Å². The number of amides is 2. The second-order valence-corrected chi connectivity index (χ2v) is 6.61. The Morgan fingerprint density at radius 3 is 2.43 bits per heavy atom. The summed E-state index contributed by atoms with van der Waals surface area (Å²) in [5.41, 5.74) is -0.492. The molecule has 1 aliphatic heterocycles. The molecule has 1 aromatic carbocycles. The fraction of sp³-hybridized carbons (Fsp3) is 0.350. The second-order valence-electron chi connectivity index (χ2n) is 6.61. The van der Waals surface area contributed by atoms with E-state index in [1.54, 1.807) is 12.0 Å². The summed E-state index contributed by atoms with van der Waals surface area (Å²) in [5.74, 6) is -0.104. The van der Waals surface area contributed by atoms with Crippen LogP contribution in [0.25, 0.3) is 0 Å². The van der Waals surface area contributed by atoms with Gasteiger partial charge in [-0.05, 0) is 30.3 Å². The predicted octanol–water partition coefficient (Wildman–Crippen LogP) is 2.82. The summed E-state index contributed by atoms with van der Waals surface area (Å²) in [4.78, 5) is 31.6. The second kappa shape index (κ2) is 9.12. The van der Waals surface area contributed by atoms with Gasteiger partial charge in [-0.15, -0.1) is 0 Å². The highest BCUT2D eigenvalue weighted by Gasteiger charge is 2.31. The van der Waals surface area contributed by atoms with Gasteiger partial charge in [-0.3, -0.25) is 9.59 Å². The Kier molecular flexibility index (Phi) is 6.56. The monoisotopic (exact) mass is 423 g/mol. The number of aromatic nitrogens is 1. The number of hydrogen-bond donors (Lipinski definition) is 0. The number of halogens is 3. The molecular formula is C20H20F3N3O4. The molecule has 30 heavy (non-hydrogen) atoms. The van der Waals surface area contributed by atoms with Gasteiger partial charge in [0.05, 0.1) is 12.2 Å². The van der Waals surface area contributed by atoms with Gasteiger partial charge in [-0.2, -0.15) is 13.2 Å². The predicted molar refractivity (Wildman–Crippen MR) is 100 cm³/mol. The van der Waals surface area contributed by atoms with Crippen molar-refractivity contribution >= 4 is 11.8 Å². The Balaban J connectivity index is 1.59. The molecule has 1 aromatic heterocycles. The van der Waals surface area contributed by atoms with E-state index in [0.717, 1.165) is 12.1 Å². The van der Waals surface area contributed by atoms with E-state index in [1.807, 2.05) is 0 Å². The fourth-order valence-corrected chi connectivity index (χ4v) is 2.90. The zero-order valence-electron chi connectivity index (χ0n) is 16.2. The lowest BCUT2D eigenvalue weighted by Crippen LogP contribution is -2.52. The Labute approximate surface area is 171 Å². The first-order chi connectivity index (χ1) is 14.3. The molecule has 0 saturated carbocycles. The SMILES string of the molecule is COCCN1CCN(C(=O)c2ccc(Oc3ccc(C(F)(F)F)cn3)cc2)CC1=O. The summed E-state index contributed by atoms with van der Waals surface area (Å²) in [6.07, 6.45) is -3.78. The number of pyridine rings is 1. The summed E-state index contributed by atoms with van der Waals surface area (Å²) in [5, 5.41) is 0. The lowest BCUT2D eigenvalue weighted by molar-refractivity contribution is -0.138. The van der Waals surface area contributed by atoms with Crippen LogP contribution in [0, 0.1) is 0 Å².